The van der Waals surface area contributed by atoms with Crippen molar-refractivity contribution in [1.29, 1.82) is 0 Å². The van der Waals surface area contributed by atoms with Crippen LogP contribution in [-0.4, -0.2) is 8.42 Å². The van der Waals surface area contributed by atoms with Gasteiger partial charge < -0.3 is 5.32 Å². The maximum atomic E-state index is 13.1. The monoisotopic (exact) mass is 504 g/mol. The lowest BCUT2D eigenvalue weighted by atomic mass is 9.77. The highest BCUT2D eigenvalue weighted by Crippen LogP contribution is 2.50. The van der Waals surface area contributed by atoms with Gasteiger partial charge in [0.05, 0.1) is 26.7 Å². The summed E-state index contributed by atoms with van der Waals surface area (Å²) in [7, 11) is -3.85. The van der Waals surface area contributed by atoms with Gasteiger partial charge in [-0.25, -0.2) is 8.42 Å². The van der Waals surface area contributed by atoms with Crippen molar-refractivity contribution in [3.63, 3.8) is 0 Å². The van der Waals surface area contributed by atoms with Crippen molar-refractivity contribution in [2.75, 3.05) is 10.0 Å². The average molecular weight is 506 g/mol. The third-order valence-corrected chi connectivity index (χ3v) is 8.47. The van der Waals surface area contributed by atoms with Crippen molar-refractivity contribution in [3.8, 4) is 0 Å². The number of hydrogen-bond acceptors (Lipinski definition) is 3. The van der Waals surface area contributed by atoms with Crippen molar-refractivity contribution < 1.29 is 8.42 Å². The molecule has 0 radical (unpaired) electrons. The van der Waals surface area contributed by atoms with E-state index < -0.39 is 10.0 Å². The molecule has 164 valence electrons. The summed E-state index contributed by atoms with van der Waals surface area (Å²) in [6.45, 7) is 0. The van der Waals surface area contributed by atoms with Crippen molar-refractivity contribution in [3.05, 3.63) is 99.0 Å². The molecule has 0 saturated carbocycles. The second-order valence-electron chi connectivity index (χ2n) is 7.99. The highest BCUT2D eigenvalue weighted by Gasteiger charge is 2.38. The van der Waals surface area contributed by atoms with E-state index in [4.69, 9.17) is 34.8 Å². The van der Waals surface area contributed by atoms with Crippen LogP contribution in [0, 0.1) is 5.92 Å². The van der Waals surface area contributed by atoms with E-state index in [2.05, 4.69) is 28.3 Å². The van der Waals surface area contributed by atoms with Gasteiger partial charge in [0.15, 0.2) is 0 Å². The number of benzene rings is 3. The first-order chi connectivity index (χ1) is 15.3. The number of nitrogens with one attached hydrogen (secondary N) is 2. The Balaban J connectivity index is 1.50. The van der Waals surface area contributed by atoms with E-state index in [9.17, 15) is 8.42 Å². The van der Waals surface area contributed by atoms with Gasteiger partial charge in [-0.05, 0) is 65.9 Å². The number of sulfonamides is 1. The Kier molecular flexibility index (Phi) is 5.62. The molecule has 4 nitrogen and oxygen atoms in total. The lowest BCUT2D eigenvalue weighted by Crippen LogP contribution is -2.29. The van der Waals surface area contributed by atoms with Crippen LogP contribution in [0.1, 0.15) is 29.5 Å². The normalized spacial score (nSPS) is 21.5. The predicted octanol–water partition coefficient (Wildman–Crippen LogP) is 7.27. The molecule has 0 unspecified atom stereocenters. The summed E-state index contributed by atoms with van der Waals surface area (Å²) in [4.78, 5) is 0.175. The summed E-state index contributed by atoms with van der Waals surface area (Å²) in [6.07, 6.45) is 5.23. The van der Waals surface area contributed by atoms with Gasteiger partial charge >= 0.3 is 0 Å². The Morgan fingerprint density at radius 2 is 1.78 bits per heavy atom. The highest BCUT2D eigenvalue weighted by molar-refractivity contribution is 7.92. The van der Waals surface area contributed by atoms with Crippen molar-refractivity contribution >= 4 is 56.2 Å². The molecule has 5 rings (SSSR count). The SMILES string of the molecule is O=S(=O)(Nc1cccc(Cl)c1Cl)c1ccc2c(c1)[C@H]1C=CC[C@H]1[C@@H](c1cccc(Cl)c1)N2. The maximum absolute atomic E-state index is 13.1. The quantitative estimate of drug-likeness (QED) is 0.366. The van der Waals surface area contributed by atoms with E-state index in [0.29, 0.717) is 5.02 Å². The minimum absolute atomic E-state index is 0.0899. The molecule has 1 heterocycles. The van der Waals surface area contributed by atoms with Crippen LogP contribution in [0.15, 0.2) is 77.7 Å². The lowest BCUT2D eigenvalue weighted by Gasteiger charge is -2.37. The second-order valence-corrected chi connectivity index (χ2v) is 10.9. The molecule has 0 spiro atoms. The second kappa shape index (κ2) is 8.31. The van der Waals surface area contributed by atoms with Crippen LogP contribution >= 0.6 is 34.8 Å². The summed E-state index contributed by atoms with van der Waals surface area (Å²) in [5, 5.41) is 4.76. The summed E-state index contributed by atoms with van der Waals surface area (Å²) in [5.74, 6) is 0.384. The zero-order valence-electron chi connectivity index (χ0n) is 16.7. The highest BCUT2D eigenvalue weighted by atomic mass is 35.5. The Labute approximate surface area is 202 Å². The Morgan fingerprint density at radius 1 is 0.969 bits per heavy atom. The van der Waals surface area contributed by atoms with Gasteiger partial charge in [-0.1, -0.05) is 65.2 Å². The zero-order valence-corrected chi connectivity index (χ0v) is 19.8. The van der Waals surface area contributed by atoms with Gasteiger partial charge in [0.1, 0.15) is 0 Å². The Hall–Kier alpha value is -2.18. The van der Waals surface area contributed by atoms with Gasteiger partial charge in [0.25, 0.3) is 10.0 Å². The maximum Gasteiger partial charge on any atom is 0.261 e. The third kappa shape index (κ3) is 3.88. The van der Waals surface area contributed by atoms with E-state index in [1.807, 2.05) is 24.3 Å². The van der Waals surface area contributed by atoms with E-state index >= 15 is 0 Å². The molecule has 3 aromatic rings. The van der Waals surface area contributed by atoms with Gasteiger partial charge in [-0.3, -0.25) is 4.72 Å². The minimum atomic E-state index is -3.85. The molecule has 3 aromatic carbocycles. The number of allylic oxidation sites excluding steroid dienone is 2. The van der Waals surface area contributed by atoms with Crippen LogP contribution < -0.4 is 10.0 Å². The van der Waals surface area contributed by atoms with E-state index in [-0.39, 0.29) is 38.5 Å². The minimum Gasteiger partial charge on any atom is -0.378 e. The first kappa shape index (κ1) is 21.7. The topological polar surface area (TPSA) is 58.2 Å². The first-order valence-corrected chi connectivity index (χ1v) is 12.7. The Bertz CT molecular complexity index is 1340. The molecular weight excluding hydrogens is 487 g/mol. The van der Waals surface area contributed by atoms with Crippen molar-refractivity contribution in [2.24, 2.45) is 5.92 Å². The molecule has 0 amide bonds. The van der Waals surface area contributed by atoms with Gasteiger partial charge in [0, 0.05) is 16.6 Å². The van der Waals surface area contributed by atoms with Crippen LogP contribution in [0.25, 0.3) is 0 Å². The van der Waals surface area contributed by atoms with Crippen LogP contribution in [0.4, 0.5) is 11.4 Å². The van der Waals surface area contributed by atoms with Crippen LogP contribution in [0.2, 0.25) is 15.1 Å². The van der Waals surface area contributed by atoms with E-state index in [1.54, 1.807) is 30.3 Å². The number of fused-ring (bicyclic) bond motifs is 3. The number of rotatable bonds is 4. The van der Waals surface area contributed by atoms with Crippen LogP contribution in [0.3, 0.4) is 0 Å². The molecule has 32 heavy (non-hydrogen) atoms. The molecule has 1 aliphatic heterocycles. The molecule has 2 aliphatic rings. The molecule has 0 bridgehead atoms. The number of halogens is 3. The first-order valence-electron chi connectivity index (χ1n) is 10.1. The molecule has 0 fully saturated rings. The van der Waals surface area contributed by atoms with E-state index in [0.717, 1.165) is 23.2 Å². The summed E-state index contributed by atoms with van der Waals surface area (Å²) >= 11 is 18.4. The van der Waals surface area contributed by atoms with Crippen LogP contribution in [-0.2, 0) is 10.0 Å². The number of anilines is 2. The summed E-state index contributed by atoms with van der Waals surface area (Å²) < 4.78 is 28.8. The fourth-order valence-corrected chi connectivity index (χ4v) is 6.27. The average Bonchev–Trinajstić information content (AvgIpc) is 3.26. The lowest BCUT2D eigenvalue weighted by molar-refractivity contribution is 0.425. The zero-order chi connectivity index (χ0) is 22.5. The fraction of sp³-hybridized carbons (Fsp3) is 0.167. The smallest absolute Gasteiger partial charge is 0.261 e. The third-order valence-electron chi connectivity index (χ3n) is 6.05. The fourth-order valence-electron chi connectivity index (χ4n) is 4.56. The summed E-state index contributed by atoms with van der Waals surface area (Å²) in [6, 6.07) is 18.0. The van der Waals surface area contributed by atoms with Gasteiger partial charge in [-0.2, -0.15) is 0 Å². The van der Waals surface area contributed by atoms with Gasteiger partial charge in [-0.15, -0.1) is 0 Å². The van der Waals surface area contributed by atoms with Gasteiger partial charge in [0.2, 0.25) is 0 Å². The summed E-state index contributed by atoms with van der Waals surface area (Å²) in [5.41, 5.74) is 3.25. The van der Waals surface area contributed by atoms with Crippen molar-refractivity contribution in [1.82, 2.24) is 0 Å². The standard InChI is InChI=1S/C24H19Cl3N2O2S/c25-15-5-1-4-14(12-15)24-18-7-2-6-17(18)19-13-16(10-11-21(19)28-24)32(30,31)29-22-9-3-8-20(26)23(22)27/h1-6,8-13,17-18,24,28-29H,7H2/t17-,18+,24+/m0/s1. The molecule has 2 N–H and O–H groups in total. The molecule has 3 atom stereocenters. The predicted molar refractivity (Wildman–Crippen MR) is 132 cm³/mol. The molecule has 0 aromatic heterocycles. The molecule has 0 saturated heterocycles. The Morgan fingerprint density at radius 3 is 2.59 bits per heavy atom. The molecule has 1 aliphatic carbocycles. The molecular formula is C24H19Cl3N2O2S. The van der Waals surface area contributed by atoms with E-state index in [1.165, 1.54) is 0 Å². The largest absolute Gasteiger partial charge is 0.378 e. The number of hydrogen-bond donors (Lipinski definition) is 2. The van der Waals surface area contributed by atoms with Crippen molar-refractivity contribution in [2.45, 2.75) is 23.3 Å². The van der Waals surface area contributed by atoms with Crippen LogP contribution in [0.5, 0.6) is 0 Å². The molecule has 8 heteroatoms.